The highest BCUT2D eigenvalue weighted by atomic mass is 32.1. The molecule has 4 nitrogen and oxygen atoms in total. The Bertz CT molecular complexity index is 1040. The molecule has 1 heterocycles. The van der Waals surface area contributed by atoms with Gasteiger partial charge in [0.1, 0.15) is 0 Å². The summed E-state index contributed by atoms with van der Waals surface area (Å²) >= 11 is 5.69. The van der Waals surface area contributed by atoms with Gasteiger partial charge in [-0.15, -0.1) is 0 Å². The number of nitrogens with zero attached hydrogens (tertiary/aromatic N) is 1. The second-order valence-electron chi connectivity index (χ2n) is 6.79. The van der Waals surface area contributed by atoms with Crippen LogP contribution < -0.4 is 9.88 Å². The van der Waals surface area contributed by atoms with Crippen molar-refractivity contribution in [1.82, 2.24) is 0 Å². The number of hydrogen-bond acceptors (Lipinski definition) is 3. The van der Waals surface area contributed by atoms with Crippen LogP contribution in [-0.4, -0.2) is 15.2 Å². The lowest BCUT2D eigenvalue weighted by molar-refractivity contribution is -0.576. The predicted molar refractivity (Wildman–Crippen MR) is 122 cm³/mol. The van der Waals surface area contributed by atoms with Gasteiger partial charge in [0.25, 0.3) is 5.70 Å². The van der Waals surface area contributed by atoms with Crippen molar-refractivity contribution in [2.45, 2.75) is 26.9 Å². The standard InChI is InChI=1S/C24H24N2O2S/c1-3-18-10-12-20(13-11-18)23(28)22(26-14-6-8-19(15-26)16-27)24(29)25-21-9-5-4-7-17(21)2/h4-15,27H,3,16H2,1-2H3,(H-,25,28,29)/p+1. The minimum absolute atomic E-state index is 0.0684. The third-order valence-electron chi connectivity index (χ3n) is 4.77. The molecule has 3 N–H and O–H groups in total. The van der Waals surface area contributed by atoms with Gasteiger partial charge in [-0.3, -0.25) is 0 Å². The molecule has 2 aromatic carbocycles. The molecule has 0 atom stereocenters. The van der Waals surface area contributed by atoms with Gasteiger partial charge in [0.15, 0.2) is 23.1 Å². The number of anilines is 1. The molecule has 0 bridgehead atoms. The number of aliphatic hydroxyl groups is 2. The number of aromatic nitrogens is 1. The van der Waals surface area contributed by atoms with Gasteiger partial charge in [-0.05, 0) is 36.6 Å². The fourth-order valence-corrected chi connectivity index (χ4v) is 3.35. The van der Waals surface area contributed by atoms with E-state index in [1.807, 2.05) is 67.6 Å². The summed E-state index contributed by atoms with van der Waals surface area (Å²) in [5.41, 5.74) is 4.96. The number of rotatable bonds is 6. The monoisotopic (exact) mass is 405 g/mol. The van der Waals surface area contributed by atoms with Gasteiger partial charge in [-0.1, -0.05) is 61.6 Å². The van der Waals surface area contributed by atoms with Crippen molar-refractivity contribution in [1.29, 1.82) is 0 Å². The van der Waals surface area contributed by atoms with E-state index in [2.05, 4.69) is 12.2 Å². The van der Waals surface area contributed by atoms with Crippen LogP contribution in [0.2, 0.25) is 0 Å². The van der Waals surface area contributed by atoms with Crippen LogP contribution in [0.15, 0.2) is 73.1 Å². The molecular formula is C24H25N2O2S+. The molecule has 0 saturated carbocycles. The lowest BCUT2D eigenvalue weighted by Crippen LogP contribution is -2.39. The van der Waals surface area contributed by atoms with E-state index >= 15 is 0 Å². The summed E-state index contributed by atoms with van der Waals surface area (Å²) in [6.45, 7) is 3.99. The Labute approximate surface area is 176 Å². The van der Waals surface area contributed by atoms with Gasteiger partial charge in [0.2, 0.25) is 0 Å². The fraction of sp³-hybridized carbons (Fsp3) is 0.167. The van der Waals surface area contributed by atoms with E-state index < -0.39 is 0 Å². The smallest absolute Gasteiger partial charge is 0.288 e. The van der Waals surface area contributed by atoms with E-state index in [1.54, 1.807) is 17.0 Å². The first-order valence-corrected chi connectivity index (χ1v) is 9.95. The molecule has 0 spiro atoms. The topological polar surface area (TPSA) is 56.4 Å². The van der Waals surface area contributed by atoms with Crippen molar-refractivity contribution in [2.75, 3.05) is 5.32 Å². The Morgan fingerprint density at radius 2 is 1.72 bits per heavy atom. The SMILES string of the molecule is CCc1ccc(C(O)=C(C(=S)Nc2ccccc2C)[n+]2cccc(CO)c2)cc1. The maximum atomic E-state index is 11.1. The summed E-state index contributed by atoms with van der Waals surface area (Å²) in [6.07, 6.45) is 4.49. The molecule has 3 aromatic rings. The van der Waals surface area contributed by atoms with Crippen molar-refractivity contribution in [3.05, 3.63) is 95.3 Å². The Kier molecular flexibility index (Phi) is 6.75. The van der Waals surface area contributed by atoms with E-state index in [0.29, 0.717) is 16.2 Å². The minimum atomic E-state index is -0.0991. The quantitative estimate of drug-likeness (QED) is 0.242. The third kappa shape index (κ3) is 4.88. The van der Waals surface area contributed by atoms with Crippen LogP contribution in [0.3, 0.4) is 0 Å². The molecule has 148 valence electrons. The lowest BCUT2D eigenvalue weighted by Gasteiger charge is -2.12. The van der Waals surface area contributed by atoms with Gasteiger partial charge in [0, 0.05) is 22.9 Å². The van der Waals surface area contributed by atoms with Crippen LogP contribution in [0.4, 0.5) is 5.69 Å². The zero-order valence-electron chi connectivity index (χ0n) is 16.6. The summed E-state index contributed by atoms with van der Waals surface area (Å²) in [6, 6.07) is 19.2. The zero-order valence-corrected chi connectivity index (χ0v) is 17.4. The van der Waals surface area contributed by atoms with E-state index in [1.165, 1.54) is 5.56 Å². The number of hydrogen-bond donors (Lipinski definition) is 3. The van der Waals surface area contributed by atoms with Gasteiger partial charge in [-0.2, -0.15) is 4.57 Å². The first-order valence-electron chi connectivity index (χ1n) is 9.54. The number of thiocarbonyl (C=S) groups is 1. The van der Waals surface area contributed by atoms with Crippen LogP contribution in [0, 0.1) is 6.92 Å². The van der Waals surface area contributed by atoms with Crippen molar-refractivity contribution in [3.63, 3.8) is 0 Å². The van der Waals surface area contributed by atoms with Crippen molar-refractivity contribution in [2.24, 2.45) is 0 Å². The maximum absolute atomic E-state index is 11.1. The molecule has 0 aliphatic carbocycles. The second-order valence-corrected chi connectivity index (χ2v) is 7.20. The lowest BCUT2D eigenvalue weighted by atomic mass is 10.1. The zero-order chi connectivity index (χ0) is 20.8. The van der Waals surface area contributed by atoms with Gasteiger partial charge in [0.05, 0.1) is 6.61 Å². The summed E-state index contributed by atoms with van der Waals surface area (Å²) < 4.78 is 1.74. The summed E-state index contributed by atoms with van der Waals surface area (Å²) in [5, 5.41) is 23.9. The van der Waals surface area contributed by atoms with Crippen molar-refractivity contribution >= 4 is 34.3 Å². The van der Waals surface area contributed by atoms with Crippen LogP contribution in [0.25, 0.3) is 11.5 Å². The van der Waals surface area contributed by atoms with E-state index in [-0.39, 0.29) is 12.4 Å². The molecule has 0 aliphatic rings. The average molecular weight is 406 g/mol. The number of benzene rings is 2. The van der Waals surface area contributed by atoms with Crippen LogP contribution in [0.1, 0.15) is 29.2 Å². The number of nitrogens with one attached hydrogen (secondary N) is 1. The summed E-state index contributed by atoms with van der Waals surface area (Å²) in [4.78, 5) is 0.386. The first kappa shape index (κ1) is 20.7. The molecule has 0 aliphatic heterocycles. The Balaban J connectivity index is 2.09. The maximum Gasteiger partial charge on any atom is 0.288 e. The van der Waals surface area contributed by atoms with Crippen LogP contribution in [0.5, 0.6) is 0 Å². The molecule has 29 heavy (non-hydrogen) atoms. The predicted octanol–water partition coefficient (Wildman–Crippen LogP) is 4.66. The average Bonchev–Trinajstić information content (AvgIpc) is 2.75. The number of pyridine rings is 1. The van der Waals surface area contributed by atoms with Crippen LogP contribution >= 0.6 is 12.2 Å². The second kappa shape index (κ2) is 9.45. The largest absolute Gasteiger partial charge is 0.502 e. The molecule has 0 amide bonds. The Morgan fingerprint density at radius 1 is 1.00 bits per heavy atom. The summed E-state index contributed by atoms with van der Waals surface area (Å²) in [7, 11) is 0. The van der Waals surface area contributed by atoms with Crippen LogP contribution in [-0.2, 0) is 13.0 Å². The highest BCUT2D eigenvalue weighted by molar-refractivity contribution is 7.81. The van der Waals surface area contributed by atoms with Crippen molar-refractivity contribution < 1.29 is 14.8 Å². The van der Waals surface area contributed by atoms with Crippen molar-refractivity contribution in [3.8, 4) is 0 Å². The molecule has 0 radical (unpaired) electrons. The van der Waals surface area contributed by atoms with Gasteiger partial charge < -0.3 is 15.5 Å². The Hall–Kier alpha value is -3.02. The molecule has 0 saturated heterocycles. The highest BCUT2D eigenvalue weighted by Gasteiger charge is 2.24. The summed E-state index contributed by atoms with van der Waals surface area (Å²) in [5.74, 6) is 0.0684. The Morgan fingerprint density at radius 3 is 2.38 bits per heavy atom. The molecule has 0 unspecified atom stereocenters. The minimum Gasteiger partial charge on any atom is -0.502 e. The third-order valence-corrected chi connectivity index (χ3v) is 5.07. The molecule has 5 heteroatoms. The highest BCUT2D eigenvalue weighted by Crippen LogP contribution is 2.21. The fourth-order valence-electron chi connectivity index (χ4n) is 3.03. The number of aryl methyl sites for hydroxylation is 2. The van der Waals surface area contributed by atoms with E-state index in [0.717, 1.165) is 23.2 Å². The molecular weight excluding hydrogens is 380 g/mol. The normalized spacial score (nSPS) is 11.7. The molecule has 3 rings (SSSR count). The number of aliphatic hydroxyl groups excluding tert-OH is 2. The van der Waals surface area contributed by atoms with E-state index in [9.17, 15) is 10.2 Å². The molecule has 0 fully saturated rings. The molecule has 1 aromatic heterocycles. The van der Waals surface area contributed by atoms with Gasteiger partial charge >= 0.3 is 0 Å². The first-order chi connectivity index (χ1) is 14.0. The van der Waals surface area contributed by atoms with Gasteiger partial charge in [-0.25, -0.2) is 0 Å². The number of para-hydroxylation sites is 1. The van der Waals surface area contributed by atoms with E-state index in [4.69, 9.17) is 12.2 Å².